The molecule has 0 aromatic carbocycles. The number of hydrogen-bond donors (Lipinski definition) is 3. The second-order valence-electron chi connectivity index (χ2n) is 5.76. The first kappa shape index (κ1) is 16.2. The van der Waals surface area contributed by atoms with Gasteiger partial charge in [-0.3, -0.25) is 0 Å². The van der Waals surface area contributed by atoms with Crippen LogP contribution in [0, 0.1) is 0 Å². The summed E-state index contributed by atoms with van der Waals surface area (Å²) >= 11 is 0. The van der Waals surface area contributed by atoms with Crippen LogP contribution in [0.3, 0.4) is 0 Å². The number of rotatable bonds is 7. The predicted octanol–water partition coefficient (Wildman–Crippen LogP) is 1.32. The van der Waals surface area contributed by atoms with Gasteiger partial charge in [-0.05, 0) is 33.2 Å². The minimum Gasteiger partial charge on any atom is -0.394 e. The maximum Gasteiger partial charge on any atom is 0.315 e. The molecule has 0 spiro atoms. The third-order valence-corrected chi connectivity index (χ3v) is 4.34. The Morgan fingerprint density at radius 3 is 2.58 bits per heavy atom. The molecular formula is C14H29N3O2. The molecule has 1 aliphatic rings. The van der Waals surface area contributed by atoms with Crippen molar-refractivity contribution >= 4 is 6.03 Å². The van der Waals surface area contributed by atoms with Gasteiger partial charge in [-0.15, -0.1) is 0 Å². The SMILES string of the molecule is CCC(C)N(C)CCNC(=O)NC1(CO)CCCC1. The van der Waals surface area contributed by atoms with E-state index < -0.39 is 0 Å². The number of nitrogens with one attached hydrogen (secondary N) is 2. The molecule has 5 nitrogen and oxygen atoms in total. The topological polar surface area (TPSA) is 64.6 Å². The summed E-state index contributed by atoms with van der Waals surface area (Å²) in [6, 6.07) is 0.372. The van der Waals surface area contributed by atoms with Gasteiger partial charge in [-0.2, -0.15) is 0 Å². The fourth-order valence-electron chi connectivity index (χ4n) is 2.54. The Balaban J connectivity index is 2.24. The molecule has 1 rings (SSSR count). The van der Waals surface area contributed by atoms with Gasteiger partial charge in [0.25, 0.3) is 0 Å². The fraction of sp³-hybridized carbons (Fsp3) is 0.929. The molecule has 1 saturated carbocycles. The van der Waals surface area contributed by atoms with Gasteiger partial charge in [0.15, 0.2) is 0 Å². The Hall–Kier alpha value is -0.810. The van der Waals surface area contributed by atoms with Crippen LogP contribution < -0.4 is 10.6 Å². The third kappa shape index (κ3) is 4.99. The number of likely N-dealkylation sites (N-methyl/N-ethyl adjacent to an activating group) is 1. The molecule has 0 heterocycles. The van der Waals surface area contributed by atoms with Gasteiger partial charge in [0, 0.05) is 19.1 Å². The normalized spacial score (nSPS) is 19.4. The number of carbonyl (C=O) groups is 1. The number of hydrogen-bond acceptors (Lipinski definition) is 3. The zero-order valence-electron chi connectivity index (χ0n) is 12.5. The van der Waals surface area contributed by atoms with Crippen LogP contribution in [-0.4, -0.2) is 54.4 Å². The molecule has 0 bridgehead atoms. The highest BCUT2D eigenvalue weighted by Gasteiger charge is 2.34. The van der Waals surface area contributed by atoms with Crippen molar-refractivity contribution in [1.29, 1.82) is 0 Å². The number of nitrogens with zero attached hydrogens (tertiary/aromatic N) is 1. The summed E-state index contributed by atoms with van der Waals surface area (Å²) in [7, 11) is 2.07. The lowest BCUT2D eigenvalue weighted by Gasteiger charge is -2.28. The number of aliphatic hydroxyl groups excluding tert-OH is 1. The summed E-state index contributed by atoms with van der Waals surface area (Å²) in [5.41, 5.74) is -0.382. The molecule has 1 unspecified atom stereocenters. The molecule has 1 fully saturated rings. The van der Waals surface area contributed by atoms with Crippen LogP contribution in [0.1, 0.15) is 46.0 Å². The molecule has 0 aromatic heterocycles. The molecule has 0 aromatic rings. The standard InChI is InChI=1S/C14H29N3O2/c1-4-12(2)17(3)10-9-15-13(19)16-14(11-18)7-5-6-8-14/h12,18H,4-11H2,1-3H3,(H2,15,16,19). The molecular weight excluding hydrogens is 242 g/mol. The second-order valence-corrected chi connectivity index (χ2v) is 5.76. The first-order chi connectivity index (χ1) is 9.03. The van der Waals surface area contributed by atoms with E-state index in [1.807, 2.05) is 0 Å². The maximum atomic E-state index is 11.8. The van der Waals surface area contributed by atoms with Gasteiger partial charge in [-0.1, -0.05) is 19.8 Å². The highest BCUT2D eigenvalue weighted by molar-refractivity contribution is 5.74. The van der Waals surface area contributed by atoms with Gasteiger partial charge >= 0.3 is 6.03 Å². The van der Waals surface area contributed by atoms with E-state index in [9.17, 15) is 9.90 Å². The van der Waals surface area contributed by atoms with E-state index in [0.29, 0.717) is 12.6 Å². The fourth-order valence-corrected chi connectivity index (χ4v) is 2.54. The number of aliphatic hydroxyl groups is 1. The van der Waals surface area contributed by atoms with Crippen molar-refractivity contribution in [2.45, 2.75) is 57.5 Å². The molecule has 5 heteroatoms. The van der Waals surface area contributed by atoms with Crippen molar-refractivity contribution < 1.29 is 9.90 Å². The molecule has 1 atom stereocenters. The third-order valence-electron chi connectivity index (χ3n) is 4.34. The lowest BCUT2D eigenvalue weighted by atomic mass is 9.99. The van der Waals surface area contributed by atoms with E-state index in [0.717, 1.165) is 38.6 Å². The highest BCUT2D eigenvalue weighted by atomic mass is 16.3. The Bertz CT molecular complexity index is 278. The molecule has 0 saturated heterocycles. The van der Waals surface area contributed by atoms with Crippen LogP contribution in [0.15, 0.2) is 0 Å². The lowest BCUT2D eigenvalue weighted by molar-refractivity contribution is 0.162. The number of carbonyl (C=O) groups excluding carboxylic acids is 1. The largest absolute Gasteiger partial charge is 0.394 e. The summed E-state index contributed by atoms with van der Waals surface area (Å²) in [4.78, 5) is 14.1. The van der Waals surface area contributed by atoms with Crippen molar-refractivity contribution in [3.05, 3.63) is 0 Å². The van der Waals surface area contributed by atoms with Gasteiger partial charge < -0.3 is 20.6 Å². The van der Waals surface area contributed by atoms with Crippen LogP contribution in [0.25, 0.3) is 0 Å². The predicted molar refractivity (Wildman–Crippen MR) is 77.2 cm³/mol. The molecule has 0 radical (unpaired) electrons. The smallest absolute Gasteiger partial charge is 0.315 e. The van der Waals surface area contributed by atoms with Gasteiger partial charge in [0.2, 0.25) is 0 Å². The lowest BCUT2D eigenvalue weighted by Crippen LogP contribution is -2.53. The Morgan fingerprint density at radius 1 is 1.42 bits per heavy atom. The average molecular weight is 271 g/mol. The summed E-state index contributed by atoms with van der Waals surface area (Å²) in [5, 5.41) is 15.2. The average Bonchev–Trinajstić information content (AvgIpc) is 2.86. The van der Waals surface area contributed by atoms with Crippen molar-refractivity contribution in [3.8, 4) is 0 Å². The Labute approximate surface area is 116 Å². The molecule has 1 aliphatic carbocycles. The Kier molecular flexibility index (Phi) is 6.58. The monoisotopic (exact) mass is 271 g/mol. The van der Waals surface area contributed by atoms with E-state index in [1.165, 1.54) is 0 Å². The first-order valence-electron chi connectivity index (χ1n) is 7.40. The number of urea groups is 1. The number of amides is 2. The van der Waals surface area contributed by atoms with E-state index in [1.54, 1.807) is 0 Å². The van der Waals surface area contributed by atoms with Gasteiger partial charge in [0.1, 0.15) is 0 Å². The maximum absolute atomic E-state index is 11.8. The van der Waals surface area contributed by atoms with Crippen LogP contribution in [0.4, 0.5) is 4.79 Å². The first-order valence-corrected chi connectivity index (χ1v) is 7.40. The zero-order chi connectivity index (χ0) is 14.3. The van der Waals surface area contributed by atoms with E-state index in [4.69, 9.17) is 0 Å². The summed E-state index contributed by atoms with van der Waals surface area (Å²) in [5.74, 6) is 0. The molecule has 0 aliphatic heterocycles. The van der Waals surface area contributed by atoms with Gasteiger partial charge in [0.05, 0.1) is 12.1 Å². The van der Waals surface area contributed by atoms with E-state index in [-0.39, 0.29) is 18.2 Å². The van der Waals surface area contributed by atoms with Crippen molar-refractivity contribution in [2.24, 2.45) is 0 Å². The van der Waals surface area contributed by atoms with Crippen molar-refractivity contribution in [3.63, 3.8) is 0 Å². The molecule has 19 heavy (non-hydrogen) atoms. The molecule has 2 amide bonds. The van der Waals surface area contributed by atoms with Crippen molar-refractivity contribution in [1.82, 2.24) is 15.5 Å². The second kappa shape index (κ2) is 7.70. The minimum atomic E-state index is -0.382. The van der Waals surface area contributed by atoms with E-state index in [2.05, 4.69) is 36.4 Å². The molecule has 3 N–H and O–H groups in total. The summed E-state index contributed by atoms with van der Waals surface area (Å²) in [6.45, 7) is 5.85. The zero-order valence-corrected chi connectivity index (χ0v) is 12.5. The van der Waals surface area contributed by atoms with E-state index >= 15 is 0 Å². The quantitative estimate of drug-likeness (QED) is 0.654. The van der Waals surface area contributed by atoms with Crippen LogP contribution in [-0.2, 0) is 0 Å². The molecule has 112 valence electrons. The van der Waals surface area contributed by atoms with Crippen LogP contribution in [0.2, 0.25) is 0 Å². The minimum absolute atomic E-state index is 0.0349. The summed E-state index contributed by atoms with van der Waals surface area (Å²) in [6.07, 6.45) is 5.03. The Morgan fingerprint density at radius 2 is 2.05 bits per heavy atom. The van der Waals surface area contributed by atoms with Crippen LogP contribution in [0.5, 0.6) is 0 Å². The van der Waals surface area contributed by atoms with Crippen molar-refractivity contribution in [2.75, 3.05) is 26.7 Å². The van der Waals surface area contributed by atoms with Crippen LogP contribution >= 0.6 is 0 Å². The highest BCUT2D eigenvalue weighted by Crippen LogP contribution is 2.28. The summed E-state index contributed by atoms with van der Waals surface area (Å²) < 4.78 is 0. The van der Waals surface area contributed by atoms with Gasteiger partial charge in [-0.25, -0.2) is 4.79 Å².